The predicted molar refractivity (Wildman–Crippen MR) is 87.1 cm³/mol. The summed E-state index contributed by atoms with van der Waals surface area (Å²) in [6, 6.07) is 9.46. The van der Waals surface area contributed by atoms with E-state index in [1.807, 2.05) is 12.3 Å². The molecule has 22 heavy (non-hydrogen) atoms. The van der Waals surface area contributed by atoms with E-state index in [1.54, 1.807) is 6.33 Å². The summed E-state index contributed by atoms with van der Waals surface area (Å²) in [5.41, 5.74) is 1.08. The summed E-state index contributed by atoms with van der Waals surface area (Å²) >= 11 is 0. The van der Waals surface area contributed by atoms with Gasteiger partial charge in [-0.3, -0.25) is 0 Å². The van der Waals surface area contributed by atoms with Gasteiger partial charge >= 0.3 is 0 Å². The Morgan fingerprint density at radius 2 is 2.05 bits per heavy atom. The van der Waals surface area contributed by atoms with Crippen LogP contribution in [0, 0.1) is 6.92 Å². The third-order valence-electron chi connectivity index (χ3n) is 4.53. The van der Waals surface area contributed by atoms with Crippen LogP contribution in [0.4, 0.5) is 11.6 Å². The van der Waals surface area contributed by atoms with Crippen LogP contribution in [0.25, 0.3) is 0 Å². The van der Waals surface area contributed by atoms with E-state index in [0.717, 1.165) is 36.8 Å². The topological polar surface area (TPSA) is 45.2 Å². The fraction of sp³-hybridized carbons (Fsp3) is 0.471. The first-order valence-corrected chi connectivity index (χ1v) is 8.04. The molecule has 2 aromatic heterocycles. The smallest absolute Gasteiger partial charge is 0.132 e. The number of pyridine rings is 1. The van der Waals surface area contributed by atoms with Crippen molar-refractivity contribution >= 4 is 11.6 Å². The van der Waals surface area contributed by atoms with Crippen molar-refractivity contribution < 1.29 is 0 Å². The third-order valence-corrected chi connectivity index (χ3v) is 4.53. The zero-order valence-corrected chi connectivity index (χ0v) is 12.9. The van der Waals surface area contributed by atoms with Crippen molar-refractivity contribution in [3.8, 4) is 0 Å². The minimum absolute atomic E-state index is 0.518. The van der Waals surface area contributed by atoms with E-state index in [2.05, 4.69) is 49.9 Å². The van der Waals surface area contributed by atoms with Crippen molar-refractivity contribution in [2.75, 3.05) is 22.9 Å². The van der Waals surface area contributed by atoms with Gasteiger partial charge in [0.25, 0.3) is 0 Å². The highest BCUT2D eigenvalue weighted by molar-refractivity contribution is 5.46. The van der Waals surface area contributed by atoms with Gasteiger partial charge in [-0.1, -0.05) is 6.07 Å². The van der Waals surface area contributed by atoms with E-state index in [1.165, 1.54) is 12.8 Å². The molecule has 1 aliphatic carbocycles. The summed E-state index contributed by atoms with van der Waals surface area (Å²) in [7, 11) is 0. The molecule has 2 aliphatic rings. The summed E-state index contributed by atoms with van der Waals surface area (Å²) in [5.74, 6) is 2.17. The van der Waals surface area contributed by atoms with Crippen LogP contribution in [0.3, 0.4) is 0 Å². The SMILES string of the molecule is Cc1cccc(N2CCC(N(c3ccncn3)C3CC3)C2)n1. The molecule has 0 amide bonds. The number of aromatic nitrogens is 3. The Bertz CT molecular complexity index is 641. The van der Waals surface area contributed by atoms with Crippen molar-refractivity contribution in [1.82, 2.24) is 15.0 Å². The molecule has 0 radical (unpaired) electrons. The minimum atomic E-state index is 0.518. The standard InChI is InChI=1S/C17H21N5/c1-13-3-2-4-17(20-13)21-10-8-15(11-21)22(14-5-6-14)16-7-9-18-12-19-16/h2-4,7,9,12,14-15H,5-6,8,10-11H2,1H3. The number of nitrogens with zero attached hydrogens (tertiary/aromatic N) is 5. The molecule has 0 aromatic carbocycles. The van der Waals surface area contributed by atoms with Crippen LogP contribution >= 0.6 is 0 Å². The first kappa shape index (κ1) is 13.5. The summed E-state index contributed by atoms with van der Waals surface area (Å²) in [4.78, 5) is 18.1. The number of anilines is 2. The van der Waals surface area contributed by atoms with Crippen LogP contribution in [0.15, 0.2) is 36.8 Å². The molecule has 5 nitrogen and oxygen atoms in total. The molecule has 2 fully saturated rings. The summed E-state index contributed by atoms with van der Waals surface area (Å²) in [6.45, 7) is 4.14. The zero-order chi connectivity index (χ0) is 14.9. The number of rotatable bonds is 4. The Kier molecular flexibility index (Phi) is 3.41. The van der Waals surface area contributed by atoms with Gasteiger partial charge in [0.15, 0.2) is 0 Å². The lowest BCUT2D eigenvalue weighted by molar-refractivity contribution is 0.624. The van der Waals surface area contributed by atoms with E-state index in [0.29, 0.717) is 12.1 Å². The van der Waals surface area contributed by atoms with E-state index in [-0.39, 0.29) is 0 Å². The molecular formula is C17H21N5. The number of hydrogen-bond acceptors (Lipinski definition) is 5. The lowest BCUT2D eigenvalue weighted by Gasteiger charge is -2.30. The highest BCUT2D eigenvalue weighted by Gasteiger charge is 2.38. The molecule has 0 N–H and O–H groups in total. The molecule has 0 bridgehead atoms. The van der Waals surface area contributed by atoms with Gasteiger partial charge in [0.1, 0.15) is 18.0 Å². The third kappa shape index (κ3) is 2.63. The van der Waals surface area contributed by atoms with Crippen molar-refractivity contribution in [3.05, 3.63) is 42.5 Å². The molecule has 1 atom stereocenters. The van der Waals surface area contributed by atoms with Gasteiger partial charge in [-0.25, -0.2) is 15.0 Å². The van der Waals surface area contributed by atoms with Gasteiger partial charge in [-0.05, 0) is 44.4 Å². The Morgan fingerprint density at radius 3 is 2.77 bits per heavy atom. The van der Waals surface area contributed by atoms with Crippen LogP contribution in [0.1, 0.15) is 25.0 Å². The van der Waals surface area contributed by atoms with Crippen LogP contribution < -0.4 is 9.80 Å². The second-order valence-electron chi connectivity index (χ2n) is 6.23. The average Bonchev–Trinajstić information content (AvgIpc) is 3.25. The van der Waals surface area contributed by atoms with Crippen LogP contribution in [0.2, 0.25) is 0 Å². The number of hydrogen-bond donors (Lipinski definition) is 0. The largest absolute Gasteiger partial charge is 0.354 e. The minimum Gasteiger partial charge on any atom is -0.354 e. The van der Waals surface area contributed by atoms with E-state index in [9.17, 15) is 0 Å². The second kappa shape index (κ2) is 5.55. The molecule has 1 saturated heterocycles. The Morgan fingerprint density at radius 1 is 1.14 bits per heavy atom. The lowest BCUT2D eigenvalue weighted by atomic mass is 10.2. The predicted octanol–water partition coefficient (Wildman–Crippen LogP) is 2.43. The van der Waals surface area contributed by atoms with Gasteiger partial charge in [0, 0.05) is 37.1 Å². The normalized spacial score (nSPS) is 21.1. The maximum atomic E-state index is 4.66. The van der Waals surface area contributed by atoms with E-state index in [4.69, 9.17) is 0 Å². The van der Waals surface area contributed by atoms with E-state index < -0.39 is 0 Å². The average molecular weight is 295 g/mol. The molecule has 2 aromatic rings. The Hall–Kier alpha value is -2.17. The fourth-order valence-corrected chi connectivity index (χ4v) is 3.34. The second-order valence-corrected chi connectivity index (χ2v) is 6.23. The van der Waals surface area contributed by atoms with Crippen LogP contribution in [-0.2, 0) is 0 Å². The first-order valence-electron chi connectivity index (χ1n) is 8.04. The molecule has 0 spiro atoms. The maximum absolute atomic E-state index is 4.66. The molecule has 1 unspecified atom stereocenters. The van der Waals surface area contributed by atoms with Crippen molar-refractivity contribution in [2.45, 2.75) is 38.3 Å². The van der Waals surface area contributed by atoms with Gasteiger partial charge in [0.05, 0.1) is 0 Å². The Balaban J connectivity index is 1.53. The van der Waals surface area contributed by atoms with Gasteiger partial charge < -0.3 is 9.80 Å². The number of aryl methyl sites for hydroxylation is 1. The molecule has 4 rings (SSSR count). The monoisotopic (exact) mass is 295 g/mol. The van der Waals surface area contributed by atoms with Crippen LogP contribution in [0.5, 0.6) is 0 Å². The molecule has 1 aliphatic heterocycles. The molecule has 114 valence electrons. The molecule has 1 saturated carbocycles. The zero-order valence-electron chi connectivity index (χ0n) is 12.9. The maximum Gasteiger partial charge on any atom is 0.132 e. The molecule has 3 heterocycles. The highest BCUT2D eigenvalue weighted by atomic mass is 15.3. The quantitative estimate of drug-likeness (QED) is 0.867. The molecular weight excluding hydrogens is 274 g/mol. The van der Waals surface area contributed by atoms with E-state index >= 15 is 0 Å². The van der Waals surface area contributed by atoms with Crippen molar-refractivity contribution in [3.63, 3.8) is 0 Å². The molecule has 5 heteroatoms. The highest BCUT2D eigenvalue weighted by Crippen LogP contribution is 2.35. The summed E-state index contributed by atoms with van der Waals surface area (Å²) < 4.78 is 0. The van der Waals surface area contributed by atoms with Crippen molar-refractivity contribution in [1.29, 1.82) is 0 Å². The van der Waals surface area contributed by atoms with Crippen molar-refractivity contribution in [2.24, 2.45) is 0 Å². The first-order chi connectivity index (χ1) is 10.8. The fourth-order valence-electron chi connectivity index (χ4n) is 3.34. The summed E-state index contributed by atoms with van der Waals surface area (Å²) in [6.07, 6.45) is 7.22. The Labute approximate surface area is 131 Å². The van der Waals surface area contributed by atoms with Gasteiger partial charge in [-0.2, -0.15) is 0 Å². The van der Waals surface area contributed by atoms with Gasteiger partial charge in [-0.15, -0.1) is 0 Å². The summed E-state index contributed by atoms with van der Waals surface area (Å²) in [5, 5.41) is 0. The van der Waals surface area contributed by atoms with Crippen LogP contribution in [-0.4, -0.2) is 40.1 Å². The van der Waals surface area contributed by atoms with Gasteiger partial charge in [0.2, 0.25) is 0 Å². The lowest BCUT2D eigenvalue weighted by Crippen LogP contribution is -2.40.